The Hall–Kier alpha value is -2.11. The zero-order valence-electron chi connectivity index (χ0n) is 17.4. The highest BCUT2D eigenvalue weighted by molar-refractivity contribution is 5.69. The van der Waals surface area contributed by atoms with Gasteiger partial charge in [-0.3, -0.25) is 4.79 Å². The lowest BCUT2D eigenvalue weighted by molar-refractivity contribution is -0.920. The number of aliphatic hydroxyl groups excluding tert-OH is 1. The average molecular weight is 388 g/mol. The molecule has 0 bridgehead atoms. The number of ether oxygens (including phenoxy) is 1. The molecule has 0 amide bonds. The number of rotatable bonds is 12. The molecule has 0 saturated heterocycles. The van der Waals surface area contributed by atoms with E-state index in [1.807, 2.05) is 13.0 Å². The number of nitrogens with zero attached hydrogens (tertiary/aromatic N) is 1. The van der Waals surface area contributed by atoms with Gasteiger partial charge in [0.25, 0.3) is 0 Å². The van der Waals surface area contributed by atoms with Crippen molar-refractivity contribution in [3.63, 3.8) is 0 Å². The molecule has 0 radical (unpaired) electrons. The minimum Gasteiger partial charge on any atom is -0.463 e. The van der Waals surface area contributed by atoms with Gasteiger partial charge in [0.15, 0.2) is 0 Å². The highest BCUT2D eigenvalue weighted by Crippen LogP contribution is 2.07. The minimum absolute atomic E-state index is 0.0749. The molecule has 2 atom stereocenters. The molecule has 1 aromatic heterocycles. The highest BCUT2D eigenvalue weighted by Gasteiger charge is 2.20. The van der Waals surface area contributed by atoms with Gasteiger partial charge in [0.2, 0.25) is 0 Å². The smallest absolute Gasteiger partial charge is 0.305 e. The first kappa shape index (κ1) is 22.2. The van der Waals surface area contributed by atoms with Crippen LogP contribution in [0.3, 0.4) is 0 Å². The van der Waals surface area contributed by atoms with Crippen LogP contribution in [0.5, 0.6) is 0 Å². The predicted molar refractivity (Wildman–Crippen MR) is 111 cm³/mol. The summed E-state index contributed by atoms with van der Waals surface area (Å²) in [5, 5.41) is 10.4. The van der Waals surface area contributed by atoms with E-state index in [9.17, 15) is 9.90 Å². The van der Waals surface area contributed by atoms with E-state index in [1.165, 1.54) is 16.2 Å². The van der Waals surface area contributed by atoms with Crippen molar-refractivity contribution in [1.82, 2.24) is 4.57 Å². The van der Waals surface area contributed by atoms with Crippen LogP contribution in [0.15, 0.2) is 48.7 Å². The number of quaternary nitrogens is 1. The topological polar surface area (TPSA) is 55.9 Å². The molecule has 0 spiro atoms. The number of hydrogen-bond acceptors (Lipinski definition) is 3. The quantitative estimate of drug-likeness (QED) is 0.550. The molecule has 2 rings (SSSR count). The number of benzene rings is 1. The Morgan fingerprint density at radius 3 is 2.57 bits per heavy atom. The molecule has 2 aromatic rings. The van der Waals surface area contributed by atoms with Crippen LogP contribution in [0.1, 0.15) is 44.9 Å². The molecule has 1 aromatic carbocycles. The lowest BCUT2D eigenvalue weighted by Gasteiger charge is -2.24. The fourth-order valence-corrected chi connectivity index (χ4v) is 3.46. The molecule has 2 N–H and O–H groups in total. The summed E-state index contributed by atoms with van der Waals surface area (Å²) in [5.74, 6) is 0.283. The van der Waals surface area contributed by atoms with Crippen LogP contribution in [0.2, 0.25) is 0 Å². The number of nitrogens with one attached hydrogen (secondary N) is 1. The van der Waals surface area contributed by atoms with Crippen LogP contribution < -0.4 is 4.90 Å². The van der Waals surface area contributed by atoms with Crippen molar-refractivity contribution in [1.29, 1.82) is 0 Å². The number of aliphatic hydroxyl groups is 1. The van der Waals surface area contributed by atoms with Gasteiger partial charge in [-0.1, -0.05) is 51.1 Å². The molecule has 0 aliphatic heterocycles. The Balaban J connectivity index is 1.96. The van der Waals surface area contributed by atoms with E-state index in [1.54, 1.807) is 0 Å². The Bertz CT molecular complexity index is 697. The van der Waals surface area contributed by atoms with E-state index in [0.717, 1.165) is 26.1 Å². The van der Waals surface area contributed by atoms with Crippen LogP contribution in [0.4, 0.5) is 0 Å². The first-order valence-corrected chi connectivity index (χ1v) is 10.3. The molecule has 0 aliphatic carbocycles. The van der Waals surface area contributed by atoms with Crippen LogP contribution in [-0.2, 0) is 22.6 Å². The molecule has 0 fully saturated rings. The van der Waals surface area contributed by atoms with Gasteiger partial charge in [0.05, 0.1) is 12.2 Å². The Morgan fingerprint density at radius 1 is 1.14 bits per heavy atom. The summed E-state index contributed by atoms with van der Waals surface area (Å²) < 4.78 is 7.45. The predicted octanol–water partition coefficient (Wildman–Crippen LogP) is 2.28. The Morgan fingerprint density at radius 2 is 1.89 bits per heavy atom. The van der Waals surface area contributed by atoms with Crippen molar-refractivity contribution >= 4 is 5.97 Å². The lowest BCUT2D eigenvalue weighted by atomic mass is 10.2. The SMILES string of the molecule is CCCC(=O)OC[C@@H](O)C[NH+](Cc1cccn1Cc1ccccc1)CC(C)C. The summed E-state index contributed by atoms with van der Waals surface area (Å²) in [4.78, 5) is 12.8. The number of carbonyl (C=O) groups is 1. The molecule has 5 heteroatoms. The van der Waals surface area contributed by atoms with Gasteiger partial charge in [-0.15, -0.1) is 0 Å². The second kappa shape index (κ2) is 11.7. The van der Waals surface area contributed by atoms with Crippen LogP contribution >= 0.6 is 0 Å². The fraction of sp³-hybridized carbons (Fsp3) is 0.522. The van der Waals surface area contributed by atoms with E-state index in [4.69, 9.17) is 4.74 Å². The standard InChI is InChI=1S/C23H34N2O3/c1-4-9-23(27)28-18-22(26)17-24(14-19(2)3)16-21-12-8-13-25(21)15-20-10-6-5-7-11-20/h5-8,10-13,19,22,26H,4,9,14-18H2,1-3H3/p+1/t22-/m0/s1. The van der Waals surface area contributed by atoms with E-state index < -0.39 is 6.10 Å². The minimum atomic E-state index is -0.646. The third kappa shape index (κ3) is 7.87. The fourth-order valence-electron chi connectivity index (χ4n) is 3.46. The summed E-state index contributed by atoms with van der Waals surface area (Å²) in [6, 6.07) is 14.7. The molecule has 1 heterocycles. The van der Waals surface area contributed by atoms with E-state index in [-0.39, 0.29) is 12.6 Å². The van der Waals surface area contributed by atoms with Crippen molar-refractivity contribution in [3.05, 3.63) is 59.9 Å². The summed E-state index contributed by atoms with van der Waals surface area (Å²) in [6.45, 7) is 9.59. The van der Waals surface area contributed by atoms with Gasteiger partial charge in [0.1, 0.15) is 25.8 Å². The monoisotopic (exact) mass is 387 g/mol. The van der Waals surface area contributed by atoms with Crippen molar-refractivity contribution in [2.24, 2.45) is 5.92 Å². The molecule has 28 heavy (non-hydrogen) atoms. The van der Waals surface area contributed by atoms with Crippen molar-refractivity contribution in [3.8, 4) is 0 Å². The molecular formula is C23H35N2O3+. The highest BCUT2D eigenvalue weighted by atomic mass is 16.5. The van der Waals surface area contributed by atoms with Gasteiger partial charge in [-0.05, 0) is 24.1 Å². The summed E-state index contributed by atoms with van der Waals surface area (Å²) in [5.41, 5.74) is 2.52. The van der Waals surface area contributed by atoms with Gasteiger partial charge in [-0.25, -0.2) is 0 Å². The largest absolute Gasteiger partial charge is 0.463 e. The van der Waals surface area contributed by atoms with Crippen molar-refractivity contribution in [2.45, 2.75) is 52.8 Å². The third-order valence-corrected chi connectivity index (χ3v) is 4.66. The zero-order valence-corrected chi connectivity index (χ0v) is 17.4. The van der Waals surface area contributed by atoms with E-state index in [0.29, 0.717) is 18.9 Å². The molecule has 154 valence electrons. The second-order valence-corrected chi connectivity index (χ2v) is 7.93. The normalized spacial score (nSPS) is 13.5. The zero-order chi connectivity index (χ0) is 20.4. The summed E-state index contributed by atoms with van der Waals surface area (Å²) in [7, 11) is 0. The average Bonchev–Trinajstić information content (AvgIpc) is 3.07. The van der Waals surface area contributed by atoms with Gasteiger partial charge >= 0.3 is 5.97 Å². The molecular weight excluding hydrogens is 352 g/mol. The van der Waals surface area contributed by atoms with Crippen molar-refractivity contribution in [2.75, 3.05) is 19.7 Å². The molecule has 0 saturated carbocycles. The van der Waals surface area contributed by atoms with Gasteiger partial charge in [0, 0.05) is 25.1 Å². The number of carbonyl (C=O) groups excluding carboxylic acids is 1. The van der Waals surface area contributed by atoms with Gasteiger partial charge in [-0.2, -0.15) is 0 Å². The third-order valence-electron chi connectivity index (χ3n) is 4.66. The number of aromatic nitrogens is 1. The van der Waals surface area contributed by atoms with E-state index in [2.05, 4.69) is 61.0 Å². The first-order chi connectivity index (χ1) is 13.5. The second-order valence-electron chi connectivity index (χ2n) is 7.93. The summed E-state index contributed by atoms with van der Waals surface area (Å²) >= 11 is 0. The van der Waals surface area contributed by atoms with Crippen LogP contribution in [0, 0.1) is 5.92 Å². The molecule has 5 nitrogen and oxygen atoms in total. The Kier molecular flexibility index (Phi) is 9.24. The maximum atomic E-state index is 11.5. The lowest BCUT2D eigenvalue weighted by Crippen LogP contribution is -3.12. The number of esters is 1. The number of hydrogen-bond donors (Lipinski definition) is 2. The van der Waals surface area contributed by atoms with E-state index >= 15 is 0 Å². The first-order valence-electron chi connectivity index (χ1n) is 10.3. The Labute approximate surface area is 168 Å². The molecule has 0 aliphatic rings. The van der Waals surface area contributed by atoms with Crippen LogP contribution in [0.25, 0.3) is 0 Å². The van der Waals surface area contributed by atoms with Crippen molar-refractivity contribution < 1.29 is 19.5 Å². The maximum Gasteiger partial charge on any atom is 0.305 e. The molecule has 1 unspecified atom stereocenters. The van der Waals surface area contributed by atoms with Crippen LogP contribution in [-0.4, -0.2) is 41.4 Å². The van der Waals surface area contributed by atoms with Gasteiger partial charge < -0.3 is 19.3 Å². The summed E-state index contributed by atoms with van der Waals surface area (Å²) in [6.07, 6.45) is 2.63. The maximum absolute atomic E-state index is 11.5.